The van der Waals surface area contributed by atoms with E-state index in [1.165, 1.54) is 0 Å². The summed E-state index contributed by atoms with van der Waals surface area (Å²) < 4.78 is 25.3. The molecule has 0 aliphatic heterocycles. The van der Waals surface area contributed by atoms with Gasteiger partial charge in [-0.15, -0.1) is 0 Å². The highest BCUT2D eigenvalue weighted by molar-refractivity contribution is 5.80. The van der Waals surface area contributed by atoms with Crippen molar-refractivity contribution in [1.29, 1.82) is 21.6 Å². The van der Waals surface area contributed by atoms with Gasteiger partial charge >= 0.3 is 0 Å². The number of hydrogen-bond donors (Lipinski definition) is 4. The van der Waals surface area contributed by atoms with Crippen molar-refractivity contribution in [3.05, 3.63) is 82.9 Å². The SMILES string of the molecule is CCCN(CCCOc1cc(/C=C/c2ccc(/C=C/c3cc(OCCCN(CCC)C(=N)CC)cc(OCCCN(CCC)C(=N)CC)c3)cc2)cc(OCCCN(CCC)C(=N)CC)c1)C(=N)CC. The van der Waals surface area contributed by atoms with Crippen LogP contribution in [0.5, 0.6) is 23.0 Å². The van der Waals surface area contributed by atoms with Gasteiger partial charge in [0.1, 0.15) is 23.0 Å². The average molecular weight is 963 g/mol. The van der Waals surface area contributed by atoms with Gasteiger partial charge in [0.05, 0.1) is 49.8 Å². The quantitative estimate of drug-likeness (QED) is 0.0195. The number of hydrogen-bond acceptors (Lipinski definition) is 8. The molecular formula is C58H90N8O4. The first-order chi connectivity index (χ1) is 34.0. The second-order valence-corrected chi connectivity index (χ2v) is 17.8. The summed E-state index contributed by atoms with van der Waals surface area (Å²) in [6.07, 6.45) is 18.6. The molecule has 3 rings (SSSR count). The van der Waals surface area contributed by atoms with Crippen molar-refractivity contribution in [2.24, 2.45) is 0 Å². The van der Waals surface area contributed by atoms with Gasteiger partial charge in [0, 0.05) is 90.2 Å². The third kappa shape index (κ3) is 22.3. The maximum atomic E-state index is 8.35. The Hall–Kier alpha value is -5.78. The molecule has 0 fully saturated rings. The maximum absolute atomic E-state index is 8.35. The molecule has 0 saturated carbocycles. The molecule has 12 heteroatoms. The van der Waals surface area contributed by atoms with Gasteiger partial charge in [-0.3, -0.25) is 21.6 Å². The molecule has 0 spiro atoms. The van der Waals surface area contributed by atoms with Gasteiger partial charge in [0.25, 0.3) is 0 Å². The van der Waals surface area contributed by atoms with Crippen molar-refractivity contribution >= 4 is 47.6 Å². The van der Waals surface area contributed by atoms with E-state index in [4.69, 9.17) is 40.6 Å². The van der Waals surface area contributed by atoms with E-state index in [-0.39, 0.29) is 0 Å². The summed E-state index contributed by atoms with van der Waals surface area (Å²) in [7, 11) is 0. The van der Waals surface area contributed by atoms with E-state index in [0.717, 1.165) is 175 Å². The van der Waals surface area contributed by atoms with Crippen molar-refractivity contribution in [2.75, 3.05) is 78.8 Å². The lowest BCUT2D eigenvalue weighted by atomic mass is 10.1. The molecule has 3 aromatic rings. The lowest BCUT2D eigenvalue weighted by Gasteiger charge is -2.24. The Morgan fingerprint density at radius 1 is 0.343 bits per heavy atom. The minimum atomic E-state index is 0.545. The Labute approximate surface area is 423 Å². The van der Waals surface area contributed by atoms with Crippen molar-refractivity contribution in [3.8, 4) is 23.0 Å². The summed E-state index contributed by atoms with van der Waals surface area (Å²) >= 11 is 0. The fraction of sp³-hybridized carbons (Fsp3) is 0.552. The summed E-state index contributed by atoms with van der Waals surface area (Å²) in [5.41, 5.74) is 4.10. The van der Waals surface area contributed by atoms with Crippen molar-refractivity contribution in [2.45, 2.75) is 132 Å². The van der Waals surface area contributed by atoms with E-state index in [1.54, 1.807) is 0 Å². The van der Waals surface area contributed by atoms with E-state index >= 15 is 0 Å². The van der Waals surface area contributed by atoms with Gasteiger partial charge < -0.3 is 38.5 Å². The van der Waals surface area contributed by atoms with Crippen molar-refractivity contribution in [1.82, 2.24) is 19.6 Å². The monoisotopic (exact) mass is 963 g/mol. The molecule has 0 amide bonds. The first-order valence-corrected chi connectivity index (χ1v) is 26.6. The molecule has 0 bridgehead atoms. The Morgan fingerprint density at radius 3 is 0.786 bits per heavy atom. The van der Waals surface area contributed by atoms with Gasteiger partial charge in [-0.2, -0.15) is 0 Å². The molecule has 4 N–H and O–H groups in total. The molecular weight excluding hydrogens is 873 g/mol. The smallest absolute Gasteiger partial charge is 0.123 e. The van der Waals surface area contributed by atoms with Crippen LogP contribution >= 0.6 is 0 Å². The van der Waals surface area contributed by atoms with E-state index in [0.29, 0.717) is 49.8 Å². The van der Waals surface area contributed by atoms with Gasteiger partial charge in [-0.25, -0.2) is 0 Å². The molecule has 3 aromatic carbocycles. The standard InChI is InChI=1S/C58H90N8O4/c1-9-29-63(55(59)13-5)33-17-37-67-51-41-49(42-52(45-51)68-38-18-34-64(30-10-2)56(60)14-6)27-25-47-21-23-48(24-22-47)26-28-50-43-53(69-39-19-35-65(31-11-3)57(61)15-7)46-54(44-50)70-40-20-36-66(32-12-4)58(62)16-8/h21-28,41-46,59-62H,9-20,29-40H2,1-8H3/b27-25+,28-26+,59-55?,60-56?,61-57?,62-58?. The van der Waals surface area contributed by atoms with Gasteiger partial charge in [-0.05, 0) is 97.9 Å². The largest absolute Gasteiger partial charge is 0.493 e. The number of rotatable bonds is 36. The first-order valence-electron chi connectivity index (χ1n) is 26.6. The highest BCUT2D eigenvalue weighted by atomic mass is 16.5. The Morgan fingerprint density at radius 2 is 0.571 bits per heavy atom. The second-order valence-electron chi connectivity index (χ2n) is 17.8. The highest BCUT2D eigenvalue weighted by Crippen LogP contribution is 2.27. The van der Waals surface area contributed by atoms with Crippen LogP contribution < -0.4 is 18.9 Å². The molecule has 0 aromatic heterocycles. The summed E-state index contributed by atoms with van der Waals surface area (Å²) in [5.74, 6) is 5.73. The maximum Gasteiger partial charge on any atom is 0.123 e. The lowest BCUT2D eigenvalue weighted by molar-refractivity contribution is 0.272. The Bertz CT molecular complexity index is 1800. The molecule has 0 unspecified atom stereocenters. The molecule has 0 aliphatic rings. The van der Waals surface area contributed by atoms with Crippen LogP contribution in [0.15, 0.2) is 60.7 Å². The van der Waals surface area contributed by atoms with Crippen LogP contribution in [0.1, 0.15) is 155 Å². The summed E-state index contributed by atoms with van der Waals surface area (Å²) in [4.78, 5) is 8.60. The minimum absolute atomic E-state index is 0.545. The predicted molar refractivity (Wildman–Crippen MR) is 297 cm³/mol. The molecule has 386 valence electrons. The fourth-order valence-electron chi connectivity index (χ4n) is 8.10. The molecule has 0 saturated heterocycles. The normalized spacial score (nSPS) is 11.2. The van der Waals surface area contributed by atoms with Crippen LogP contribution in [0.2, 0.25) is 0 Å². The topological polar surface area (TPSA) is 145 Å². The number of nitrogens with one attached hydrogen (secondary N) is 4. The number of nitrogens with zero attached hydrogens (tertiary/aromatic N) is 4. The molecule has 70 heavy (non-hydrogen) atoms. The van der Waals surface area contributed by atoms with Gasteiger partial charge in [0.15, 0.2) is 0 Å². The number of ether oxygens (including phenoxy) is 4. The zero-order valence-corrected chi connectivity index (χ0v) is 44.5. The number of amidine groups is 4. The van der Waals surface area contributed by atoms with E-state index in [9.17, 15) is 0 Å². The zero-order valence-electron chi connectivity index (χ0n) is 44.5. The van der Waals surface area contributed by atoms with Crippen molar-refractivity contribution < 1.29 is 18.9 Å². The second kappa shape index (κ2) is 34.5. The molecule has 0 radical (unpaired) electrons. The predicted octanol–water partition coefficient (Wildman–Crippen LogP) is 13.5. The van der Waals surface area contributed by atoms with Crippen LogP contribution in [0, 0.1) is 21.6 Å². The summed E-state index contributed by atoms with van der Waals surface area (Å²) in [6, 6.07) is 20.6. The molecule has 0 atom stereocenters. The fourth-order valence-corrected chi connectivity index (χ4v) is 8.10. The van der Waals surface area contributed by atoms with Crippen molar-refractivity contribution in [3.63, 3.8) is 0 Å². The molecule has 0 aliphatic carbocycles. The highest BCUT2D eigenvalue weighted by Gasteiger charge is 2.12. The minimum Gasteiger partial charge on any atom is -0.493 e. The van der Waals surface area contributed by atoms with E-state index in [2.05, 4.69) is 120 Å². The number of benzene rings is 3. The van der Waals surface area contributed by atoms with Crippen LogP contribution in [0.25, 0.3) is 24.3 Å². The first kappa shape index (κ1) is 58.5. The van der Waals surface area contributed by atoms with Crippen LogP contribution in [0.4, 0.5) is 0 Å². The third-order valence-corrected chi connectivity index (χ3v) is 11.9. The summed E-state index contributed by atoms with van der Waals surface area (Å²) in [5, 5.41) is 33.4. The van der Waals surface area contributed by atoms with E-state index in [1.807, 2.05) is 39.8 Å². The van der Waals surface area contributed by atoms with Gasteiger partial charge in [0.2, 0.25) is 0 Å². The van der Waals surface area contributed by atoms with Gasteiger partial charge in [-0.1, -0.05) is 104 Å². The van der Waals surface area contributed by atoms with Crippen LogP contribution in [-0.2, 0) is 0 Å². The average Bonchev–Trinajstić information content (AvgIpc) is 3.37. The third-order valence-electron chi connectivity index (χ3n) is 11.9. The zero-order chi connectivity index (χ0) is 50.9. The van der Waals surface area contributed by atoms with Crippen LogP contribution in [0.3, 0.4) is 0 Å². The Balaban J connectivity index is 1.77. The molecule has 0 heterocycles. The Kier molecular flexibility index (Phi) is 28.9. The summed E-state index contributed by atoms with van der Waals surface area (Å²) in [6.45, 7) is 25.6. The van der Waals surface area contributed by atoms with E-state index < -0.39 is 0 Å². The van der Waals surface area contributed by atoms with Crippen LogP contribution in [-0.4, -0.2) is 122 Å². The lowest BCUT2D eigenvalue weighted by Crippen LogP contribution is -2.32. The molecule has 12 nitrogen and oxygen atoms in total.